The third kappa shape index (κ3) is 1.10. The third-order valence-electron chi connectivity index (χ3n) is 1.81. The van der Waals surface area contributed by atoms with Gasteiger partial charge in [-0.25, -0.2) is 8.78 Å². The zero-order valence-electron chi connectivity index (χ0n) is 5.31. The van der Waals surface area contributed by atoms with Gasteiger partial charge in [0.05, 0.1) is 0 Å². The van der Waals surface area contributed by atoms with E-state index in [2.05, 4.69) is 0 Å². The van der Waals surface area contributed by atoms with E-state index in [1.54, 1.807) is 0 Å². The quantitative estimate of drug-likeness (QED) is 0.615. The largest absolute Gasteiger partial charge is 0.481 e. The van der Waals surface area contributed by atoms with Gasteiger partial charge in [0.2, 0.25) is 0 Å². The number of hydrogen-bond donors (Lipinski definition) is 1. The van der Waals surface area contributed by atoms with Gasteiger partial charge in [0, 0.05) is 6.42 Å². The molecule has 2 nitrogen and oxygen atoms in total. The molecule has 1 aliphatic carbocycles. The first kappa shape index (κ1) is 7.44. The second kappa shape index (κ2) is 2.18. The van der Waals surface area contributed by atoms with Crippen molar-refractivity contribution in [2.75, 3.05) is 0 Å². The molecule has 0 aliphatic heterocycles. The number of halogens is 2. The highest BCUT2D eigenvalue weighted by atomic mass is 19.3. The Morgan fingerprint density at radius 1 is 1.60 bits per heavy atom. The highest BCUT2D eigenvalue weighted by Gasteiger charge is 2.48. The summed E-state index contributed by atoms with van der Waals surface area (Å²) in [7, 11) is 0. The average molecular weight is 150 g/mol. The van der Waals surface area contributed by atoms with Crippen LogP contribution in [0.15, 0.2) is 0 Å². The summed E-state index contributed by atoms with van der Waals surface area (Å²) in [6.45, 7) is 0. The van der Waals surface area contributed by atoms with Crippen molar-refractivity contribution < 1.29 is 18.7 Å². The lowest BCUT2D eigenvalue weighted by molar-refractivity contribution is -0.153. The standard InChI is InChI=1S/C6H8F2O2/c7-6(8)3-1-2-4(6)5(9)10/h4H,1-3H2,(H,9,10). The van der Waals surface area contributed by atoms with Crippen LogP contribution in [-0.4, -0.2) is 17.0 Å². The van der Waals surface area contributed by atoms with Gasteiger partial charge in [0.25, 0.3) is 5.92 Å². The maximum atomic E-state index is 12.5. The molecule has 1 aliphatic rings. The molecule has 10 heavy (non-hydrogen) atoms. The number of carboxylic acid groups (broad SMARTS) is 1. The molecule has 0 saturated heterocycles. The molecule has 0 amide bonds. The van der Waals surface area contributed by atoms with Gasteiger partial charge in [-0.05, 0) is 12.8 Å². The van der Waals surface area contributed by atoms with Gasteiger partial charge in [0.1, 0.15) is 5.92 Å². The van der Waals surface area contributed by atoms with E-state index in [4.69, 9.17) is 5.11 Å². The minimum absolute atomic E-state index is 0.113. The Bertz CT molecular complexity index is 156. The lowest BCUT2D eigenvalue weighted by atomic mass is 10.1. The van der Waals surface area contributed by atoms with E-state index in [1.807, 2.05) is 0 Å². The van der Waals surface area contributed by atoms with Gasteiger partial charge in [-0.2, -0.15) is 0 Å². The Morgan fingerprint density at radius 2 is 2.20 bits per heavy atom. The Hall–Kier alpha value is -0.670. The zero-order valence-corrected chi connectivity index (χ0v) is 5.31. The summed E-state index contributed by atoms with van der Waals surface area (Å²) in [6, 6.07) is 0. The Morgan fingerprint density at radius 3 is 2.40 bits per heavy atom. The fourth-order valence-corrected chi connectivity index (χ4v) is 1.23. The zero-order chi connectivity index (χ0) is 7.78. The van der Waals surface area contributed by atoms with Crippen molar-refractivity contribution >= 4 is 5.97 Å². The van der Waals surface area contributed by atoms with E-state index in [9.17, 15) is 13.6 Å². The first-order chi connectivity index (χ1) is 4.54. The monoisotopic (exact) mass is 150 g/mol. The second-order valence-electron chi connectivity index (χ2n) is 2.54. The number of carbonyl (C=O) groups is 1. The van der Waals surface area contributed by atoms with Crippen LogP contribution < -0.4 is 0 Å². The molecular formula is C6H8F2O2. The summed E-state index contributed by atoms with van der Waals surface area (Å²) in [5, 5.41) is 8.27. The van der Waals surface area contributed by atoms with Crippen LogP contribution in [-0.2, 0) is 4.79 Å². The van der Waals surface area contributed by atoms with Crippen molar-refractivity contribution in [1.29, 1.82) is 0 Å². The molecule has 1 N–H and O–H groups in total. The molecular weight excluding hydrogens is 142 g/mol. The molecule has 0 aromatic carbocycles. The van der Waals surface area contributed by atoms with Gasteiger partial charge in [-0.1, -0.05) is 0 Å². The molecule has 0 aromatic rings. The number of rotatable bonds is 1. The maximum Gasteiger partial charge on any atom is 0.312 e. The maximum absolute atomic E-state index is 12.5. The summed E-state index contributed by atoms with van der Waals surface area (Å²) < 4.78 is 25.0. The van der Waals surface area contributed by atoms with Crippen molar-refractivity contribution in [3.05, 3.63) is 0 Å². The fourth-order valence-electron chi connectivity index (χ4n) is 1.23. The number of aliphatic carboxylic acids is 1. The molecule has 0 bridgehead atoms. The lowest BCUT2D eigenvalue weighted by Crippen LogP contribution is -2.28. The fraction of sp³-hybridized carbons (Fsp3) is 0.833. The molecule has 1 rings (SSSR count). The number of carboxylic acids is 1. The van der Waals surface area contributed by atoms with Gasteiger partial charge in [0.15, 0.2) is 0 Å². The Balaban J connectivity index is 2.68. The van der Waals surface area contributed by atoms with E-state index in [-0.39, 0.29) is 12.8 Å². The first-order valence-corrected chi connectivity index (χ1v) is 3.14. The molecule has 1 saturated carbocycles. The van der Waals surface area contributed by atoms with Crippen LogP contribution in [0.1, 0.15) is 19.3 Å². The van der Waals surface area contributed by atoms with Crippen molar-refractivity contribution in [2.24, 2.45) is 5.92 Å². The van der Waals surface area contributed by atoms with E-state index in [0.717, 1.165) is 0 Å². The van der Waals surface area contributed by atoms with E-state index in [1.165, 1.54) is 0 Å². The Kier molecular flexibility index (Phi) is 1.62. The molecule has 0 spiro atoms. The molecule has 1 atom stereocenters. The van der Waals surface area contributed by atoms with E-state index in [0.29, 0.717) is 6.42 Å². The smallest absolute Gasteiger partial charge is 0.312 e. The molecule has 0 heterocycles. The van der Waals surface area contributed by atoms with Gasteiger partial charge in [-0.15, -0.1) is 0 Å². The van der Waals surface area contributed by atoms with Crippen LogP contribution in [0.25, 0.3) is 0 Å². The van der Waals surface area contributed by atoms with Gasteiger partial charge >= 0.3 is 5.97 Å². The average Bonchev–Trinajstić information content (AvgIpc) is 2.08. The van der Waals surface area contributed by atoms with Gasteiger partial charge < -0.3 is 5.11 Å². The van der Waals surface area contributed by atoms with Gasteiger partial charge in [-0.3, -0.25) is 4.79 Å². The first-order valence-electron chi connectivity index (χ1n) is 3.14. The highest BCUT2D eigenvalue weighted by molar-refractivity contribution is 5.71. The van der Waals surface area contributed by atoms with E-state index < -0.39 is 17.8 Å². The molecule has 58 valence electrons. The molecule has 0 aromatic heterocycles. The van der Waals surface area contributed by atoms with Crippen molar-refractivity contribution in [2.45, 2.75) is 25.2 Å². The van der Waals surface area contributed by atoms with Crippen LogP contribution in [0.4, 0.5) is 8.78 Å². The summed E-state index contributed by atoms with van der Waals surface area (Å²) in [4.78, 5) is 10.1. The summed E-state index contributed by atoms with van der Waals surface area (Å²) in [6.07, 6.45) is 0.163. The number of alkyl halides is 2. The second-order valence-corrected chi connectivity index (χ2v) is 2.54. The van der Waals surface area contributed by atoms with Crippen LogP contribution in [0.2, 0.25) is 0 Å². The Labute approximate surface area is 56.8 Å². The number of hydrogen-bond acceptors (Lipinski definition) is 1. The summed E-state index contributed by atoms with van der Waals surface area (Å²) >= 11 is 0. The predicted molar refractivity (Wildman–Crippen MR) is 29.9 cm³/mol. The van der Waals surface area contributed by atoms with Crippen molar-refractivity contribution in [3.8, 4) is 0 Å². The molecule has 0 radical (unpaired) electrons. The van der Waals surface area contributed by atoms with Crippen molar-refractivity contribution in [3.63, 3.8) is 0 Å². The summed E-state index contributed by atoms with van der Waals surface area (Å²) in [5.41, 5.74) is 0. The van der Waals surface area contributed by atoms with E-state index >= 15 is 0 Å². The van der Waals surface area contributed by atoms with Crippen molar-refractivity contribution in [1.82, 2.24) is 0 Å². The lowest BCUT2D eigenvalue weighted by Gasteiger charge is -2.13. The van der Waals surface area contributed by atoms with Crippen LogP contribution >= 0.6 is 0 Å². The minimum Gasteiger partial charge on any atom is -0.481 e. The molecule has 1 unspecified atom stereocenters. The molecule has 1 fully saturated rings. The highest BCUT2D eigenvalue weighted by Crippen LogP contribution is 2.40. The SMILES string of the molecule is O=C(O)C1CCCC1(F)F. The molecule has 4 heteroatoms. The normalized spacial score (nSPS) is 30.4. The predicted octanol–water partition coefficient (Wildman–Crippen LogP) is 1.51. The van der Waals surface area contributed by atoms with Crippen LogP contribution in [0.3, 0.4) is 0 Å². The van der Waals surface area contributed by atoms with Crippen LogP contribution in [0.5, 0.6) is 0 Å². The third-order valence-corrected chi connectivity index (χ3v) is 1.81. The minimum atomic E-state index is -2.97. The topological polar surface area (TPSA) is 37.3 Å². The summed E-state index contributed by atoms with van der Waals surface area (Å²) in [5.74, 6) is -5.78. The van der Waals surface area contributed by atoms with Crippen LogP contribution in [0, 0.1) is 5.92 Å².